The van der Waals surface area contributed by atoms with Crippen LogP contribution in [0, 0.1) is 5.82 Å². The van der Waals surface area contributed by atoms with Crippen molar-refractivity contribution in [3.63, 3.8) is 0 Å². The molecule has 0 aliphatic heterocycles. The fourth-order valence-corrected chi connectivity index (χ4v) is 2.03. The third kappa shape index (κ3) is 3.54. The topological polar surface area (TPSA) is 90.9 Å². The van der Waals surface area contributed by atoms with E-state index in [1.165, 1.54) is 10.9 Å². The third-order valence-electron chi connectivity index (χ3n) is 3.23. The van der Waals surface area contributed by atoms with E-state index in [-0.39, 0.29) is 18.4 Å². The molecular formula is C15H15FN6O. The van der Waals surface area contributed by atoms with Gasteiger partial charge in [-0.15, -0.1) is 4.79 Å². The van der Waals surface area contributed by atoms with Gasteiger partial charge in [0, 0.05) is 11.1 Å². The molecular weight excluding hydrogens is 299 g/mol. The predicted octanol–water partition coefficient (Wildman–Crippen LogP) is 1.72. The molecule has 118 valence electrons. The van der Waals surface area contributed by atoms with E-state index in [0.717, 1.165) is 5.56 Å². The first-order chi connectivity index (χ1) is 11.2. The highest BCUT2D eigenvalue weighted by atomic mass is 19.1. The number of aromatic nitrogens is 4. The van der Waals surface area contributed by atoms with Crippen molar-refractivity contribution < 1.29 is 9.13 Å². The van der Waals surface area contributed by atoms with Crippen molar-refractivity contribution in [1.82, 2.24) is 20.3 Å². The minimum Gasteiger partial charge on any atom is -0.488 e. The highest BCUT2D eigenvalue weighted by Crippen LogP contribution is 2.20. The first kappa shape index (κ1) is 14.8. The van der Waals surface area contributed by atoms with Crippen LogP contribution in [0.5, 0.6) is 5.75 Å². The number of tetrazole rings is 1. The molecule has 3 N–H and O–H groups in total. The molecule has 0 fully saturated rings. The Kier molecular flexibility index (Phi) is 4.32. The first-order valence-corrected chi connectivity index (χ1v) is 6.96. The van der Waals surface area contributed by atoms with Crippen molar-refractivity contribution in [3.05, 3.63) is 65.5 Å². The number of halogens is 1. The Morgan fingerprint density at radius 1 is 1.09 bits per heavy atom. The van der Waals surface area contributed by atoms with Gasteiger partial charge in [-0.25, -0.2) is 4.39 Å². The smallest absolute Gasteiger partial charge is 0.260 e. The summed E-state index contributed by atoms with van der Waals surface area (Å²) in [6.45, 7) is 0.555. The second-order valence-electron chi connectivity index (χ2n) is 4.77. The lowest BCUT2D eigenvalue weighted by molar-refractivity contribution is 0.297. The summed E-state index contributed by atoms with van der Waals surface area (Å²) in [5.41, 5.74) is 9.92. The largest absolute Gasteiger partial charge is 0.488 e. The molecule has 1 heterocycles. The number of nitrogens with two attached hydrogens (primary N) is 1. The van der Waals surface area contributed by atoms with Crippen molar-refractivity contribution in [2.24, 2.45) is 0 Å². The van der Waals surface area contributed by atoms with Gasteiger partial charge < -0.3 is 15.9 Å². The van der Waals surface area contributed by atoms with E-state index in [0.29, 0.717) is 17.9 Å². The van der Waals surface area contributed by atoms with Crippen LogP contribution in [0.3, 0.4) is 0 Å². The van der Waals surface area contributed by atoms with Gasteiger partial charge in [-0.3, -0.25) is 0 Å². The Morgan fingerprint density at radius 2 is 1.83 bits per heavy atom. The van der Waals surface area contributed by atoms with Crippen LogP contribution < -0.4 is 15.9 Å². The number of para-hydroxylation sites is 1. The van der Waals surface area contributed by atoms with Gasteiger partial charge in [-0.1, -0.05) is 41.5 Å². The van der Waals surface area contributed by atoms with Crippen molar-refractivity contribution in [2.75, 3.05) is 11.2 Å². The number of nitrogens with zero attached hydrogens (tertiary/aromatic N) is 4. The second kappa shape index (κ2) is 6.73. The number of anilines is 1. The molecule has 7 nitrogen and oxygen atoms in total. The van der Waals surface area contributed by atoms with Gasteiger partial charge in [0.05, 0.1) is 6.54 Å². The molecule has 3 aromatic rings. The molecule has 8 heteroatoms. The summed E-state index contributed by atoms with van der Waals surface area (Å²) in [4.78, 5) is 1.27. The fraction of sp³-hybridized carbons (Fsp3) is 0.133. The van der Waals surface area contributed by atoms with Crippen LogP contribution in [0.25, 0.3) is 0 Å². The molecule has 0 saturated heterocycles. The molecule has 0 bridgehead atoms. The zero-order valence-corrected chi connectivity index (χ0v) is 12.2. The molecule has 0 atom stereocenters. The Balaban J connectivity index is 1.68. The summed E-state index contributed by atoms with van der Waals surface area (Å²) in [5.74, 6) is 0.522. The Hall–Kier alpha value is -3.16. The number of nitrogen functional groups attached to an aromatic ring is 1. The molecule has 0 amide bonds. The van der Waals surface area contributed by atoms with E-state index in [2.05, 4.69) is 21.0 Å². The molecule has 0 saturated carbocycles. The highest BCUT2D eigenvalue weighted by molar-refractivity contribution is 5.34. The molecule has 0 radical (unpaired) electrons. The van der Waals surface area contributed by atoms with E-state index in [9.17, 15) is 4.39 Å². The van der Waals surface area contributed by atoms with Crippen molar-refractivity contribution >= 4 is 5.95 Å². The van der Waals surface area contributed by atoms with Gasteiger partial charge in [0.1, 0.15) is 18.2 Å². The van der Waals surface area contributed by atoms with E-state index < -0.39 is 0 Å². The van der Waals surface area contributed by atoms with Gasteiger partial charge >= 0.3 is 0 Å². The summed E-state index contributed by atoms with van der Waals surface area (Å²) in [6, 6.07) is 14.0. The maximum atomic E-state index is 13.6. The van der Waals surface area contributed by atoms with Crippen LogP contribution in [0.15, 0.2) is 48.5 Å². The molecule has 23 heavy (non-hydrogen) atoms. The summed E-state index contributed by atoms with van der Waals surface area (Å²) >= 11 is 0. The first-order valence-electron chi connectivity index (χ1n) is 6.96. The van der Waals surface area contributed by atoms with Crippen LogP contribution in [0.4, 0.5) is 10.3 Å². The highest BCUT2D eigenvalue weighted by Gasteiger charge is 2.07. The molecule has 2 aromatic carbocycles. The Morgan fingerprint density at radius 3 is 2.57 bits per heavy atom. The minimum absolute atomic E-state index is 0.150. The van der Waals surface area contributed by atoms with Gasteiger partial charge in [0.15, 0.2) is 0 Å². The molecule has 0 aliphatic carbocycles. The van der Waals surface area contributed by atoms with Gasteiger partial charge in [0.25, 0.3) is 5.95 Å². The SMILES string of the molecule is Nc1nnnn1NCc1ccccc1OCc1ccccc1F. The van der Waals surface area contributed by atoms with Gasteiger partial charge in [-0.2, -0.15) is 0 Å². The summed E-state index contributed by atoms with van der Waals surface area (Å²) < 4.78 is 19.4. The average Bonchev–Trinajstić information content (AvgIpc) is 2.98. The number of ether oxygens (including phenoxy) is 1. The lowest BCUT2D eigenvalue weighted by atomic mass is 10.2. The van der Waals surface area contributed by atoms with Crippen LogP contribution in [-0.2, 0) is 13.2 Å². The lowest BCUT2D eigenvalue weighted by Gasteiger charge is -2.13. The van der Waals surface area contributed by atoms with Crippen LogP contribution >= 0.6 is 0 Å². The average molecular weight is 314 g/mol. The summed E-state index contributed by atoms with van der Waals surface area (Å²) in [7, 11) is 0. The maximum Gasteiger partial charge on any atom is 0.260 e. The van der Waals surface area contributed by atoms with Crippen LogP contribution in [0.2, 0.25) is 0 Å². The number of hydrogen-bond donors (Lipinski definition) is 2. The Bertz CT molecular complexity index is 791. The molecule has 0 spiro atoms. The quantitative estimate of drug-likeness (QED) is 0.720. The second-order valence-corrected chi connectivity index (χ2v) is 4.77. The van der Waals surface area contributed by atoms with Crippen LogP contribution in [-0.4, -0.2) is 20.3 Å². The molecule has 0 aliphatic rings. The van der Waals surface area contributed by atoms with Crippen molar-refractivity contribution in [1.29, 1.82) is 0 Å². The summed E-state index contributed by atoms with van der Waals surface area (Å²) in [6.07, 6.45) is 0. The number of hydrogen-bond acceptors (Lipinski definition) is 6. The summed E-state index contributed by atoms with van der Waals surface area (Å²) in [5, 5.41) is 10.7. The normalized spacial score (nSPS) is 10.5. The van der Waals surface area contributed by atoms with Crippen molar-refractivity contribution in [2.45, 2.75) is 13.2 Å². The van der Waals surface area contributed by atoms with E-state index >= 15 is 0 Å². The van der Waals surface area contributed by atoms with Gasteiger partial charge in [0.2, 0.25) is 0 Å². The molecule has 3 rings (SSSR count). The fourth-order valence-electron chi connectivity index (χ4n) is 2.03. The number of nitrogens with one attached hydrogen (secondary N) is 1. The maximum absolute atomic E-state index is 13.6. The van der Waals surface area contributed by atoms with Gasteiger partial charge in [-0.05, 0) is 22.6 Å². The number of rotatable bonds is 6. The van der Waals surface area contributed by atoms with E-state index in [1.54, 1.807) is 18.2 Å². The third-order valence-corrected chi connectivity index (χ3v) is 3.23. The predicted molar refractivity (Wildman–Crippen MR) is 82.5 cm³/mol. The monoisotopic (exact) mass is 314 g/mol. The van der Waals surface area contributed by atoms with E-state index in [4.69, 9.17) is 10.5 Å². The number of benzene rings is 2. The standard InChI is InChI=1S/C15H15FN6O/c16-13-7-3-1-6-12(13)10-23-14-8-4-2-5-11(14)9-18-22-15(17)19-20-21-22/h1-8,18H,9-10H2,(H2,17,19,21). The Labute approximate surface area is 131 Å². The zero-order chi connectivity index (χ0) is 16.1. The molecule has 0 unspecified atom stereocenters. The molecule has 1 aromatic heterocycles. The van der Waals surface area contributed by atoms with Crippen LogP contribution in [0.1, 0.15) is 11.1 Å². The van der Waals surface area contributed by atoms with Crippen molar-refractivity contribution in [3.8, 4) is 5.75 Å². The zero-order valence-electron chi connectivity index (χ0n) is 12.2. The lowest BCUT2D eigenvalue weighted by Crippen LogP contribution is -2.18. The van der Waals surface area contributed by atoms with E-state index in [1.807, 2.05) is 24.3 Å². The minimum atomic E-state index is -0.287.